The number of imide groups is 1. The van der Waals surface area contributed by atoms with Gasteiger partial charge in [0, 0.05) is 62.8 Å². The molecule has 4 aliphatic heterocycles. The van der Waals surface area contributed by atoms with Crippen LogP contribution in [0.1, 0.15) is 116 Å². The largest absolute Gasteiger partial charge is 0.381 e. The molecule has 19 heteroatoms. The topological polar surface area (TPSA) is 166 Å². The molecule has 67 heavy (non-hydrogen) atoms. The average Bonchev–Trinajstić information content (AvgIpc) is 3.71. The molecule has 8 heterocycles. The van der Waals surface area contributed by atoms with Crippen molar-refractivity contribution in [1.82, 2.24) is 44.4 Å². The zero-order valence-electron chi connectivity index (χ0n) is 37.2. The van der Waals surface area contributed by atoms with E-state index in [9.17, 15) is 23.2 Å². The predicted octanol–water partition coefficient (Wildman–Crippen LogP) is 6.01. The highest BCUT2D eigenvalue weighted by Gasteiger charge is 2.37. The number of nitrogens with zero attached hydrogens (tertiary/aromatic N) is 9. The number of anilines is 2. The third kappa shape index (κ3) is 9.03. The summed E-state index contributed by atoms with van der Waals surface area (Å²) in [6.45, 7) is 5.20. The van der Waals surface area contributed by atoms with Crippen LogP contribution in [0.15, 0.2) is 42.9 Å². The third-order valence-corrected chi connectivity index (χ3v) is 14.6. The number of piperidine rings is 2. The Labute approximate surface area is 384 Å². The van der Waals surface area contributed by atoms with Crippen LogP contribution in [0, 0.1) is 29.6 Å². The number of aromatic nitrogens is 7. The number of hydrogen-bond acceptors (Lipinski definition) is 11. The molecule has 3 amide bonds. The molecule has 16 nitrogen and oxygen atoms in total. The Bertz CT molecular complexity index is 2740. The molecule has 2 saturated carbocycles. The SMILES string of the molecule is O=C1CCC(c2nn(C3CC3)c3c(C#CCO[C@H]4CCN(C[C@H]5CC[C@H](n6cc(NC(=O)c7cnn8ccc(N9CC(CC%10COC%10)C9)nc78)c(C(F)F)n6)CC5)C[C@H]4F)cccc23)C(=O)N1. The number of benzene rings is 1. The van der Waals surface area contributed by atoms with Crippen LogP contribution in [0.5, 0.6) is 0 Å². The molecule has 4 saturated heterocycles. The molecule has 352 valence electrons. The van der Waals surface area contributed by atoms with E-state index in [4.69, 9.17) is 19.6 Å². The van der Waals surface area contributed by atoms with Crippen molar-refractivity contribution in [3.05, 3.63) is 65.4 Å². The van der Waals surface area contributed by atoms with Gasteiger partial charge >= 0.3 is 0 Å². The number of alkyl halides is 3. The van der Waals surface area contributed by atoms with E-state index in [1.165, 1.54) is 16.9 Å². The van der Waals surface area contributed by atoms with Crippen molar-refractivity contribution in [1.29, 1.82) is 0 Å². The maximum atomic E-state index is 15.6. The molecular formula is C48H54F3N11O5. The number of fused-ring (bicyclic) bond motifs is 2. The van der Waals surface area contributed by atoms with Gasteiger partial charge in [-0.1, -0.05) is 24.0 Å². The van der Waals surface area contributed by atoms with Crippen molar-refractivity contribution < 1.29 is 37.0 Å². The standard InChI is InChI=1S/C48H54F3N11O5/c49-37-24-58(16-14-39(37)67-18-2-4-31-3-1-5-34-42(35-12-13-41(63)55-47(35)64)57-62(44(31)34)33-10-11-33)21-28-6-8-32(9-7-28)61-25-38(43(56-61)45(50)51)53-48(65)36-20-52-60-17-15-40(54-46(36)60)59-22-29(23-59)19-30-26-66-27-30/h1,3,5,15,17,20,25,28-30,32-33,35,37,39,45H,6-14,16,18-19,21-24,26-27H2,(H,53,65)(H,55,63,64)/t28-,32-,35?,37-,39+/m1/s1. The first-order chi connectivity index (χ1) is 32.6. The molecule has 5 aromatic rings. The minimum atomic E-state index is -2.89. The molecule has 0 bridgehead atoms. The number of carbonyl (C=O) groups excluding carboxylic acids is 3. The van der Waals surface area contributed by atoms with Gasteiger partial charge in [0.2, 0.25) is 11.8 Å². The van der Waals surface area contributed by atoms with Gasteiger partial charge < -0.3 is 19.7 Å². The lowest BCUT2D eigenvalue weighted by molar-refractivity contribution is -0.134. The van der Waals surface area contributed by atoms with Crippen molar-refractivity contribution in [3.8, 4) is 11.8 Å². The number of amides is 3. The Kier molecular flexibility index (Phi) is 12.0. The fraction of sp³-hybridized carbons (Fsp3) is 0.562. The van der Waals surface area contributed by atoms with Crippen LogP contribution < -0.4 is 15.5 Å². The maximum absolute atomic E-state index is 15.6. The summed E-state index contributed by atoms with van der Waals surface area (Å²) in [6.07, 6.45) is 7.52. The molecule has 6 fully saturated rings. The summed E-state index contributed by atoms with van der Waals surface area (Å²) in [5, 5.41) is 19.4. The van der Waals surface area contributed by atoms with Crippen molar-refractivity contribution >= 4 is 45.8 Å². The first-order valence-electron chi connectivity index (χ1n) is 23.8. The quantitative estimate of drug-likeness (QED) is 0.105. The number of para-hydroxylation sites is 1. The van der Waals surface area contributed by atoms with Crippen LogP contribution in [0.4, 0.5) is 24.7 Å². The Morgan fingerprint density at radius 2 is 1.79 bits per heavy atom. The van der Waals surface area contributed by atoms with E-state index < -0.39 is 36.2 Å². The summed E-state index contributed by atoms with van der Waals surface area (Å²) in [6, 6.07) is 7.77. The number of rotatable bonds is 13. The van der Waals surface area contributed by atoms with Gasteiger partial charge in [-0.05, 0) is 81.8 Å². The highest BCUT2D eigenvalue weighted by atomic mass is 19.3. The van der Waals surface area contributed by atoms with Gasteiger partial charge in [0.15, 0.2) is 11.3 Å². The number of nitrogens with one attached hydrogen (secondary N) is 2. The van der Waals surface area contributed by atoms with Gasteiger partial charge in [0.05, 0.1) is 66.0 Å². The highest BCUT2D eigenvalue weighted by Crippen LogP contribution is 2.41. The summed E-state index contributed by atoms with van der Waals surface area (Å²) in [7, 11) is 0. The number of ether oxygens (including phenoxy) is 2. The molecule has 1 aromatic carbocycles. The first-order valence-corrected chi connectivity index (χ1v) is 23.8. The Balaban J connectivity index is 0.659. The molecule has 4 aromatic heterocycles. The average molecular weight is 922 g/mol. The van der Waals surface area contributed by atoms with E-state index in [1.807, 2.05) is 28.9 Å². The van der Waals surface area contributed by atoms with Gasteiger partial charge in [-0.2, -0.15) is 15.3 Å². The van der Waals surface area contributed by atoms with Gasteiger partial charge in [0.1, 0.15) is 24.2 Å². The molecule has 0 spiro atoms. The van der Waals surface area contributed by atoms with Crippen LogP contribution in [0.3, 0.4) is 0 Å². The Morgan fingerprint density at radius 1 is 0.970 bits per heavy atom. The van der Waals surface area contributed by atoms with Crippen LogP contribution >= 0.6 is 0 Å². The van der Waals surface area contributed by atoms with Crippen LogP contribution in [-0.2, 0) is 19.1 Å². The molecule has 2 N–H and O–H groups in total. The molecule has 0 radical (unpaired) electrons. The normalized spacial score (nSPS) is 25.3. The molecule has 2 aliphatic carbocycles. The molecule has 11 rings (SSSR count). The Morgan fingerprint density at radius 3 is 2.54 bits per heavy atom. The second-order valence-corrected chi connectivity index (χ2v) is 19.3. The van der Waals surface area contributed by atoms with Crippen molar-refractivity contribution in [2.75, 3.05) is 62.8 Å². The van der Waals surface area contributed by atoms with E-state index in [0.717, 1.165) is 100 Å². The summed E-state index contributed by atoms with van der Waals surface area (Å²) in [5.41, 5.74) is 2.34. The second kappa shape index (κ2) is 18.3. The second-order valence-electron chi connectivity index (χ2n) is 19.3. The van der Waals surface area contributed by atoms with Gasteiger partial charge in [-0.25, -0.2) is 22.7 Å². The van der Waals surface area contributed by atoms with E-state index in [1.54, 1.807) is 10.9 Å². The monoisotopic (exact) mass is 921 g/mol. The zero-order chi connectivity index (χ0) is 45.8. The lowest BCUT2D eigenvalue weighted by Gasteiger charge is -2.43. The number of carbonyl (C=O) groups is 3. The summed E-state index contributed by atoms with van der Waals surface area (Å²) in [4.78, 5) is 47.2. The smallest absolute Gasteiger partial charge is 0.284 e. The number of likely N-dealkylation sites (tertiary alicyclic amines) is 1. The van der Waals surface area contributed by atoms with Gasteiger partial charge in [0.25, 0.3) is 12.3 Å². The molecule has 6 aliphatic rings. The van der Waals surface area contributed by atoms with Gasteiger partial charge in [-0.3, -0.25) is 34.0 Å². The van der Waals surface area contributed by atoms with E-state index >= 15 is 4.39 Å². The highest BCUT2D eigenvalue weighted by molar-refractivity contribution is 6.08. The van der Waals surface area contributed by atoms with Crippen LogP contribution in [-0.4, -0.2) is 122 Å². The van der Waals surface area contributed by atoms with Crippen LogP contribution in [0.2, 0.25) is 0 Å². The lowest BCUT2D eigenvalue weighted by Crippen LogP contribution is -2.49. The summed E-state index contributed by atoms with van der Waals surface area (Å²) in [5.74, 6) is 6.94. The summed E-state index contributed by atoms with van der Waals surface area (Å²) < 4.78 is 60.6. The van der Waals surface area contributed by atoms with E-state index in [-0.39, 0.29) is 54.7 Å². The fourth-order valence-corrected chi connectivity index (χ4v) is 10.7. The van der Waals surface area contributed by atoms with Gasteiger partial charge in [-0.15, -0.1) is 0 Å². The van der Waals surface area contributed by atoms with E-state index in [2.05, 4.69) is 42.5 Å². The van der Waals surface area contributed by atoms with Crippen molar-refractivity contribution in [2.24, 2.45) is 17.8 Å². The lowest BCUT2D eigenvalue weighted by atomic mass is 9.85. The number of hydrogen-bond donors (Lipinski definition) is 2. The first kappa shape index (κ1) is 43.7. The van der Waals surface area contributed by atoms with Crippen molar-refractivity contribution in [3.63, 3.8) is 0 Å². The zero-order valence-corrected chi connectivity index (χ0v) is 37.2. The number of halogens is 3. The predicted molar refractivity (Wildman–Crippen MR) is 239 cm³/mol. The molecular weight excluding hydrogens is 868 g/mol. The van der Waals surface area contributed by atoms with Crippen LogP contribution in [0.25, 0.3) is 16.6 Å². The maximum Gasteiger partial charge on any atom is 0.284 e. The molecule has 3 atom stereocenters. The minimum Gasteiger partial charge on any atom is -0.381 e. The molecule has 1 unspecified atom stereocenters. The fourth-order valence-electron chi connectivity index (χ4n) is 10.7. The Hall–Kier alpha value is -5.84. The van der Waals surface area contributed by atoms with Crippen molar-refractivity contribution in [2.45, 2.75) is 101 Å². The van der Waals surface area contributed by atoms with E-state index in [0.29, 0.717) is 48.5 Å². The third-order valence-electron chi connectivity index (χ3n) is 14.6. The summed E-state index contributed by atoms with van der Waals surface area (Å²) >= 11 is 0. The minimum absolute atomic E-state index is 0.0349.